The Balaban J connectivity index is 1.74. The predicted octanol–water partition coefficient (Wildman–Crippen LogP) is 2.48. The number of nitrogens with zero attached hydrogens (tertiary/aromatic N) is 3. The van der Waals surface area contributed by atoms with Crippen LogP contribution in [-0.4, -0.2) is 40.1 Å². The van der Waals surface area contributed by atoms with Gasteiger partial charge in [0.25, 0.3) is 5.91 Å². The number of nitrogens with two attached hydrogens (primary N) is 1. The highest BCUT2D eigenvalue weighted by Gasteiger charge is 2.32. The quantitative estimate of drug-likeness (QED) is 0.837. The topological polar surface area (TPSA) is 85.2 Å². The Kier molecular flexibility index (Phi) is 5.20. The predicted molar refractivity (Wildman–Crippen MR) is 92.7 cm³/mol. The molecule has 1 aromatic carbocycles. The van der Waals surface area contributed by atoms with E-state index in [4.69, 9.17) is 10.3 Å². The second-order valence-electron chi connectivity index (χ2n) is 6.16. The van der Waals surface area contributed by atoms with Crippen LogP contribution in [0.2, 0.25) is 0 Å². The van der Waals surface area contributed by atoms with E-state index in [1.165, 1.54) is 11.8 Å². The number of carbonyl (C=O) groups is 1. The van der Waals surface area contributed by atoms with Crippen molar-refractivity contribution in [1.29, 1.82) is 0 Å². The molecular weight excluding hydrogens is 324 g/mol. The number of amides is 1. The van der Waals surface area contributed by atoms with Crippen molar-refractivity contribution in [3.8, 4) is 0 Å². The molecule has 1 aliphatic heterocycles. The Hall–Kier alpha value is -1.86. The van der Waals surface area contributed by atoms with Crippen LogP contribution in [0.25, 0.3) is 0 Å². The van der Waals surface area contributed by atoms with Gasteiger partial charge in [-0.25, -0.2) is 0 Å². The molecule has 1 aliphatic rings. The van der Waals surface area contributed by atoms with E-state index in [0.29, 0.717) is 29.9 Å². The van der Waals surface area contributed by atoms with E-state index in [1.807, 2.05) is 29.2 Å². The Morgan fingerprint density at radius 1 is 1.46 bits per heavy atom. The summed E-state index contributed by atoms with van der Waals surface area (Å²) in [5, 5.41) is 3.79. The maximum absolute atomic E-state index is 13.0. The zero-order valence-corrected chi connectivity index (χ0v) is 14.8. The highest BCUT2D eigenvalue weighted by molar-refractivity contribution is 7.98. The number of aryl methyl sites for hydroxylation is 1. The maximum Gasteiger partial charge on any atom is 0.255 e. The summed E-state index contributed by atoms with van der Waals surface area (Å²) in [7, 11) is 0. The fraction of sp³-hybridized carbons (Fsp3) is 0.471. The van der Waals surface area contributed by atoms with Crippen LogP contribution in [0, 0.1) is 12.8 Å². The smallest absolute Gasteiger partial charge is 0.255 e. The third kappa shape index (κ3) is 3.62. The lowest BCUT2D eigenvalue weighted by atomic mass is 10.1. The normalized spacial score (nSPS) is 20.5. The van der Waals surface area contributed by atoms with Crippen LogP contribution in [-0.2, 0) is 5.75 Å². The molecule has 2 unspecified atom stereocenters. The van der Waals surface area contributed by atoms with Gasteiger partial charge in [0.2, 0.25) is 5.89 Å². The van der Waals surface area contributed by atoms with Gasteiger partial charge in [-0.1, -0.05) is 17.3 Å². The first-order valence-electron chi connectivity index (χ1n) is 8.10. The Morgan fingerprint density at radius 3 is 2.92 bits per heavy atom. The van der Waals surface area contributed by atoms with E-state index in [1.54, 1.807) is 6.92 Å². The molecule has 1 aromatic heterocycles. The van der Waals surface area contributed by atoms with E-state index in [-0.39, 0.29) is 11.9 Å². The molecule has 2 aromatic rings. The van der Waals surface area contributed by atoms with Crippen molar-refractivity contribution in [2.75, 3.05) is 13.1 Å². The summed E-state index contributed by atoms with van der Waals surface area (Å²) in [6.07, 6.45) is 0.971. The van der Waals surface area contributed by atoms with Gasteiger partial charge in [0.1, 0.15) is 0 Å². The van der Waals surface area contributed by atoms with Gasteiger partial charge in [-0.2, -0.15) is 4.98 Å². The number of hydrogen-bond donors (Lipinski definition) is 1. The van der Waals surface area contributed by atoms with Crippen molar-refractivity contribution in [1.82, 2.24) is 15.0 Å². The number of benzene rings is 1. The summed E-state index contributed by atoms with van der Waals surface area (Å²) < 4.78 is 5.14. The molecule has 0 saturated carbocycles. The number of likely N-dealkylation sites (tertiary alicyclic amines) is 1. The summed E-state index contributed by atoms with van der Waals surface area (Å²) in [6.45, 7) is 5.24. The molecule has 24 heavy (non-hydrogen) atoms. The first-order chi connectivity index (χ1) is 11.6. The average Bonchev–Trinajstić information content (AvgIpc) is 3.18. The van der Waals surface area contributed by atoms with Gasteiger partial charge in [-0.3, -0.25) is 4.79 Å². The Bertz CT molecular complexity index is 718. The molecular formula is C17H22N4O2S. The van der Waals surface area contributed by atoms with Crippen molar-refractivity contribution in [2.24, 2.45) is 11.7 Å². The SMILES string of the molecule is Cc1noc(CSc2ccccc2C(=O)N2CC(CN)CC2C)n1. The summed E-state index contributed by atoms with van der Waals surface area (Å²) in [5.41, 5.74) is 6.50. The van der Waals surface area contributed by atoms with Gasteiger partial charge in [0.15, 0.2) is 5.82 Å². The van der Waals surface area contributed by atoms with Crippen molar-refractivity contribution in [2.45, 2.75) is 37.0 Å². The third-order valence-electron chi connectivity index (χ3n) is 4.29. The lowest BCUT2D eigenvalue weighted by Gasteiger charge is -2.22. The van der Waals surface area contributed by atoms with E-state index >= 15 is 0 Å². The summed E-state index contributed by atoms with van der Waals surface area (Å²) in [6, 6.07) is 7.90. The van der Waals surface area contributed by atoms with Crippen LogP contribution >= 0.6 is 11.8 Å². The first-order valence-corrected chi connectivity index (χ1v) is 9.09. The van der Waals surface area contributed by atoms with E-state index in [0.717, 1.165) is 23.4 Å². The van der Waals surface area contributed by atoms with Gasteiger partial charge in [0.05, 0.1) is 11.3 Å². The monoisotopic (exact) mass is 346 g/mol. The van der Waals surface area contributed by atoms with Gasteiger partial charge in [-0.05, 0) is 44.9 Å². The molecule has 0 aliphatic carbocycles. The minimum absolute atomic E-state index is 0.0725. The molecule has 0 radical (unpaired) electrons. The van der Waals surface area contributed by atoms with E-state index < -0.39 is 0 Å². The first kappa shape index (κ1) is 17.0. The van der Waals surface area contributed by atoms with Gasteiger partial charge >= 0.3 is 0 Å². The number of thioether (sulfide) groups is 1. The van der Waals surface area contributed by atoms with Crippen molar-refractivity contribution in [3.63, 3.8) is 0 Å². The van der Waals surface area contributed by atoms with Crippen LogP contribution in [0.1, 0.15) is 35.4 Å². The van der Waals surface area contributed by atoms with Crippen molar-refractivity contribution >= 4 is 17.7 Å². The summed E-state index contributed by atoms with van der Waals surface area (Å²) in [5.74, 6) is 2.20. The lowest BCUT2D eigenvalue weighted by molar-refractivity contribution is 0.0740. The second-order valence-corrected chi connectivity index (χ2v) is 7.18. The summed E-state index contributed by atoms with van der Waals surface area (Å²) in [4.78, 5) is 20.0. The molecule has 2 heterocycles. The second kappa shape index (κ2) is 7.36. The Morgan fingerprint density at radius 2 is 2.25 bits per heavy atom. The molecule has 2 N–H and O–H groups in total. The van der Waals surface area contributed by atoms with Crippen LogP contribution in [0.5, 0.6) is 0 Å². The van der Waals surface area contributed by atoms with Crippen LogP contribution in [0.4, 0.5) is 0 Å². The van der Waals surface area contributed by atoms with Gasteiger partial charge < -0.3 is 15.2 Å². The molecule has 1 amide bonds. The molecule has 7 heteroatoms. The molecule has 0 bridgehead atoms. The van der Waals surface area contributed by atoms with Gasteiger partial charge in [-0.15, -0.1) is 11.8 Å². The zero-order chi connectivity index (χ0) is 17.1. The largest absolute Gasteiger partial charge is 0.338 e. The molecule has 1 fully saturated rings. The molecule has 128 valence electrons. The minimum Gasteiger partial charge on any atom is -0.338 e. The van der Waals surface area contributed by atoms with E-state index in [9.17, 15) is 4.79 Å². The van der Waals surface area contributed by atoms with Crippen LogP contribution in [0.15, 0.2) is 33.7 Å². The fourth-order valence-electron chi connectivity index (χ4n) is 3.06. The van der Waals surface area contributed by atoms with E-state index in [2.05, 4.69) is 17.1 Å². The number of aromatic nitrogens is 2. The highest BCUT2D eigenvalue weighted by atomic mass is 32.2. The number of carbonyl (C=O) groups excluding carboxylic acids is 1. The Labute approximate surface area is 145 Å². The molecule has 0 spiro atoms. The molecule has 2 atom stereocenters. The number of hydrogen-bond acceptors (Lipinski definition) is 6. The molecule has 6 nitrogen and oxygen atoms in total. The average molecular weight is 346 g/mol. The van der Waals surface area contributed by atoms with Gasteiger partial charge in [0, 0.05) is 17.5 Å². The minimum atomic E-state index is 0.0725. The maximum atomic E-state index is 13.0. The molecule has 3 rings (SSSR count). The van der Waals surface area contributed by atoms with Crippen LogP contribution < -0.4 is 5.73 Å². The zero-order valence-electron chi connectivity index (χ0n) is 13.9. The molecule has 1 saturated heterocycles. The van der Waals surface area contributed by atoms with Crippen molar-refractivity contribution in [3.05, 3.63) is 41.5 Å². The standard InChI is InChI=1S/C17H22N4O2S/c1-11-7-13(8-18)9-21(11)17(22)14-5-3-4-6-15(14)24-10-16-19-12(2)20-23-16/h3-6,11,13H,7-10,18H2,1-2H3. The lowest BCUT2D eigenvalue weighted by Crippen LogP contribution is -2.34. The fourth-order valence-corrected chi connectivity index (χ4v) is 3.94. The van der Waals surface area contributed by atoms with Crippen molar-refractivity contribution < 1.29 is 9.32 Å². The number of rotatable bonds is 5. The summed E-state index contributed by atoms with van der Waals surface area (Å²) >= 11 is 1.54. The highest BCUT2D eigenvalue weighted by Crippen LogP contribution is 2.30. The third-order valence-corrected chi connectivity index (χ3v) is 5.35. The van der Waals surface area contributed by atoms with Crippen LogP contribution in [0.3, 0.4) is 0 Å².